The summed E-state index contributed by atoms with van der Waals surface area (Å²) in [7, 11) is 0. The van der Waals surface area contributed by atoms with Crippen LogP contribution in [0.15, 0.2) is 163 Å². The van der Waals surface area contributed by atoms with Crippen molar-refractivity contribution >= 4 is 38.6 Å². The highest BCUT2D eigenvalue weighted by Gasteiger charge is 2.20. The number of aromatic nitrogens is 1. The number of hydrogen-bond acceptors (Lipinski definition) is 1. The molecule has 0 fully saturated rings. The maximum Gasteiger partial charge on any atom is 0.0496 e. The fraction of sp³-hybridized carbons (Fsp3) is 0.156. The Hall–Kier alpha value is -5.34. The quantitative estimate of drug-likeness (QED) is 0.161. The number of rotatable bonds is 9. The second kappa shape index (κ2) is 14.0. The number of fused-ring (bicyclic) bond motifs is 3. The molecule has 0 aliphatic heterocycles. The average molecular weight is 613 g/mol. The molecule has 47 heavy (non-hydrogen) atoms. The highest BCUT2D eigenvalue weighted by atomic mass is 15.0. The molecule has 0 atom stereocenters. The van der Waals surface area contributed by atoms with Crippen LogP contribution in [0.5, 0.6) is 0 Å². The fourth-order valence-electron chi connectivity index (χ4n) is 6.46. The molecular weight excluding hydrogens is 569 g/mol. The van der Waals surface area contributed by atoms with Gasteiger partial charge in [-0.2, -0.15) is 0 Å². The summed E-state index contributed by atoms with van der Waals surface area (Å²) in [4.78, 5) is 0. The monoisotopic (exact) mass is 612 g/mol. The van der Waals surface area contributed by atoms with Crippen LogP contribution in [-0.4, -0.2) is 4.57 Å². The second-order valence-corrected chi connectivity index (χ2v) is 13.0. The third kappa shape index (κ3) is 7.08. The summed E-state index contributed by atoms with van der Waals surface area (Å²) >= 11 is 0. The maximum absolute atomic E-state index is 3.73. The molecule has 0 bridgehead atoms. The van der Waals surface area contributed by atoms with E-state index in [1.165, 1.54) is 55.2 Å². The first-order valence-electron chi connectivity index (χ1n) is 16.6. The Balaban J connectivity index is 1.31. The van der Waals surface area contributed by atoms with Gasteiger partial charge in [0.15, 0.2) is 0 Å². The average Bonchev–Trinajstić information content (AvgIpc) is 3.43. The molecule has 0 spiro atoms. The summed E-state index contributed by atoms with van der Waals surface area (Å²) in [5.74, 6) is 0. The highest BCUT2D eigenvalue weighted by molar-refractivity contribution is 6.09. The number of benzene rings is 5. The van der Waals surface area contributed by atoms with Crippen molar-refractivity contribution in [3.05, 3.63) is 175 Å². The van der Waals surface area contributed by atoms with E-state index < -0.39 is 0 Å². The number of anilines is 1. The fourth-order valence-corrected chi connectivity index (χ4v) is 6.46. The molecule has 0 saturated heterocycles. The van der Waals surface area contributed by atoms with E-state index in [0.717, 1.165) is 17.8 Å². The van der Waals surface area contributed by atoms with Crippen molar-refractivity contribution in [3.8, 4) is 11.1 Å². The van der Waals surface area contributed by atoms with Gasteiger partial charge in [0, 0.05) is 44.3 Å². The third-order valence-electron chi connectivity index (χ3n) is 8.57. The van der Waals surface area contributed by atoms with Gasteiger partial charge in [0.05, 0.1) is 0 Å². The number of allylic oxidation sites excluding steroid dienone is 8. The van der Waals surface area contributed by atoms with Crippen molar-refractivity contribution in [3.63, 3.8) is 0 Å². The van der Waals surface area contributed by atoms with Gasteiger partial charge >= 0.3 is 0 Å². The van der Waals surface area contributed by atoms with Crippen LogP contribution in [0, 0.1) is 0 Å². The van der Waals surface area contributed by atoms with E-state index >= 15 is 0 Å². The van der Waals surface area contributed by atoms with Crippen LogP contribution in [0.3, 0.4) is 0 Å². The summed E-state index contributed by atoms with van der Waals surface area (Å²) in [6, 6.07) is 45.6. The summed E-state index contributed by atoms with van der Waals surface area (Å²) in [6.07, 6.45) is 11.9. The predicted molar refractivity (Wildman–Crippen MR) is 206 cm³/mol. The van der Waals surface area contributed by atoms with Crippen LogP contribution >= 0.6 is 0 Å². The lowest BCUT2D eigenvalue weighted by Gasteiger charge is -2.24. The third-order valence-corrected chi connectivity index (χ3v) is 8.57. The predicted octanol–water partition coefficient (Wildman–Crippen LogP) is 12.7. The van der Waals surface area contributed by atoms with Gasteiger partial charge in [-0.3, -0.25) is 0 Å². The van der Waals surface area contributed by atoms with E-state index in [1.807, 2.05) is 0 Å². The van der Waals surface area contributed by atoms with E-state index in [9.17, 15) is 0 Å². The summed E-state index contributed by atoms with van der Waals surface area (Å²) < 4.78 is 2.46. The Morgan fingerprint density at radius 3 is 2.04 bits per heavy atom. The van der Waals surface area contributed by atoms with Crippen molar-refractivity contribution in [2.24, 2.45) is 0 Å². The Morgan fingerprint density at radius 1 is 0.660 bits per heavy atom. The first kappa shape index (κ1) is 31.6. The van der Waals surface area contributed by atoms with Gasteiger partial charge in [-0.15, -0.1) is 0 Å². The van der Waals surface area contributed by atoms with Crippen molar-refractivity contribution < 1.29 is 0 Å². The Kier molecular flexibility index (Phi) is 9.40. The van der Waals surface area contributed by atoms with Gasteiger partial charge in [-0.25, -0.2) is 0 Å². The lowest BCUT2D eigenvalue weighted by molar-refractivity contribution is 0.423. The SMILES string of the molecule is C/C=C\C(=C/C/C=C\C(=C(/C)Nc1cccc(-c2ccc3c(c2)c2ccccc2n3C(C)(C)C)c1)c1ccccc1)c1ccccc1. The van der Waals surface area contributed by atoms with Crippen LogP contribution in [0.25, 0.3) is 44.1 Å². The molecule has 0 saturated carbocycles. The minimum absolute atomic E-state index is 0.0193. The lowest BCUT2D eigenvalue weighted by atomic mass is 10.0. The lowest BCUT2D eigenvalue weighted by Crippen LogP contribution is -2.21. The molecule has 6 aromatic rings. The second-order valence-electron chi connectivity index (χ2n) is 13.0. The number of nitrogens with one attached hydrogen (secondary N) is 1. The maximum atomic E-state index is 3.73. The van der Waals surface area contributed by atoms with E-state index in [0.29, 0.717) is 0 Å². The van der Waals surface area contributed by atoms with Gasteiger partial charge in [-0.05, 0) is 99.2 Å². The zero-order valence-electron chi connectivity index (χ0n) is 28.2. The van der Waals surface area contributed by atoms with Gasteiger partial charge in [-0.1, -0.05) is 127 Å². The zero-order chi connectivity index (χ0) is 32.8. The van der Waals surface area contributed by atoms with Crippen molar-refractivity contribution in [1.82, 2.24) is 4.57 Å². The molecule has 6 rings (SSSR count). The molecule has 0 amide bonds. The van der Waals surface area contributed by atoms with Gasteiger partial charge < -0.3 is 9.88 Å². The normalized spacial score (nSPS) is 13.2. The number of hydrogen-bond donors (Lipinski definition) is 1. The zero-order valence-corrected chi connectivity index (χ0v) is 28.2. The smallest absolute Gasteiger partial charge is 0.0496 e. The molecule has 1 N–H and O–H groups in total. The topological polar surface area (TPSA) is 17.0 Å². The molecule has 234 valence electrons. The van der Waals surface area contributed by atoms with Crippen molar-refractivity contribution in [1.29, 1.82) is 0 Å². The first-order chi connectivity index (χ1) is 22.8. The van der Waals surface area contributed by atoms with Crippen molar-refractivity contribution in [2.75, 3.05) is 5.32 Å². The first-order valence-corrected chi connectivity index (χ1v) is 16.6. The molecule has 5 aromatic carbocycles. The van der Waals surface area contributed by atoms with Gasteiger partial charge in [0.25, 0.3) is 0 Å². The number of para-hydroxylation sites is 1. The summed E-state index contributed by atoms with van der Waals surface area (Å²) in [5, 5.41) is 6.32. The van der Waals surface area contributed by atoms with Gasteiger partial charge in [0.1, 0.15) is 0 Å². The Bertz CT molecular complexity index is 2110. The van der Waals surface area contributed by atoms with Crippen LogP contribution in [-0.2, 0) is 5.54 Å². The van der Waals surface area contributed by atoms with Crippen LogP contribution in [0.1, 0.15) is 52.2 Å². The Morgan fingerprint density at radius 2 is 1.32 bits per heavy atom. The number of nitrogens with zero attached hydrogens (tertiary/aromatic N) is 1. The Labute approximate surface area is 280 Å². The minimum atomic E-state index is -0.0193. The standard InChI is InChI=1S/C45H44N2/c1-6-18-34(35-19-9-7-10-20-35)21-13-14-26-40(36-22-11-8-12-23-36)33(2)46-39-25-17-24-37(31-39)38-29-30-44-42(32-38)41-27-15-16-28-43(41)47(44)45(3,4)5/h6-12,14-32,46H,13H2,1-5H3/b18-6-,26-14-,34-21+,40-33-. The van der Waals surface area contributed by atoms with Gasteiger partial charge in [0.2, 0.25) is 0 Å². The van der Waals surface area contributed by atoms with Crippen LogP contribution in [0.4, 0.5) is 5.69 Å². The van der Waals surface area contributed by atoms with E-state index in [-0.39, 0.29) is 5.54 Å². The van der Waals surface area contributed by atoms with Crippen LogP contribution in [0.2, 0.25) is 0 Å². The minimum Gasteiger partial charge on any atom is -0.359 e. The van der Waals surface area contributed by atoms with Crippen LogP contribution < -0.4 is 5.32 Å². The molecule has 0 unspecified atom stereocenters. The molecular formula is C45H44N2. The molecule has 2 heteroatoms. The van der Waals surface area contributed by atoms with E-state index in [2.05, 4.69) is 202 Å². The molecule has 0 aliphatic rings. The van der Waals surface area contributed by atoms with E-state index in [1.54, 1.807) is 0 Å². The molecule has 2 nitrogen and oxygen atoms in total. The van der Waals surface area contributed by atoms with Crippen molar-refractivity contribution in [2.45, 2.75) is 46.6 Å². The van der Waals surface area contributed by atoms with E-state index in [4.69, 9.17) is 0 Å². The molecule has 1 heterocycles. The molecule has 0 radical (unpaired) electrons. The summed E-state index contributed by atoms with van der Waals surface area (Å²) in [6.45, 7) is 11.1. The highest BCUT2D eigenvalue weighted by Crippen LogP contribution is 2.37. The largest absolute Gasteiger partial charge is 0.359 e. The summed E-state index contributed by atoms with van der Waals surface area (Å²) in [5.41, 5.74) is 11.9. The molecule has 0 aliphatic carbocycles. The molecule has 1 aromatic heterocycles.